The van der Waals surface area contributed by atoms with E-state index in [-0.39, 0.29) is 5.92 Å². The monoisotopic (exact) mass is 251 g/mol. The zero-order valence-electron chi connectivity index (χ0n) is 10.3. The molecule has 0 unspecified atom stereocenters. The standard InChI is InChI=1S/C15H20ClO/c1-2-15(17,12-8-4-3-5-9-12)13-10-6-7-11-14(13)16/h6-8,10-12,17H,2-5,9H2,1H3/t12-,15-/m1/s1. The topological polar surface area (TPSA) is 20.2 Å². The SMILES string of the molecule is CC[C@](O)(c1ccccc1Cl)[C@@H]1[CH]CCCC1. The molecule has 1 nitrogen and oxygen atoms in total. The zero-order chi connectivity index (χ0) is 12.3. The first kappa shape index (κ1) is 12.9. The summed E-state index contributed by atoms with van der Waals surface area (Å²) in [4.78, 5) is 0. The Kier molecular flexibility index (Phi) is 4.11. The van der Waals surface area contributed by atoms with Gasteiger partial charge in [0, 0.05) is 10.6 Å². The molecule has 1 aliphatic carbocycles. The third-order valence-electron chi connectivity index (χ3n) is 3.91. The van der Waals surface area contributed by atoms with E-state index < -0.39 is 5.60 Å². The van der Waals surface area contributed by atoms with Gasteiger partial charge >= 0.3 is 0 Å². The van der Waals surface area contributed by atoms with Crippen LogP contribution in [0.3, 0.4) is 0 Å². The molecule has 0 aliphatic heterocycles. The Morgan fingerprint density at radius 2 is 2.12 bits per heavy atom. The molecule has 2 atom stereocenters. The molecule has 2 rings (SSSR count). The number of hydrogen-bond acceptors (Lipinski definition) is 1. The smallest absolute Gasteiger partial charge is 0.0939 e. The highest BCUT2D eigenvalue weighted by molar-refractivity contribution is 6.31. The summed E-state index contributed by atoms with van der Waals surface area (Å²) in [6.07, 6.45) is 7.61. The molecule has 1 aliphatic rings. The molecule has 1 aromatic carbocycles. The van der Waals surface area contributed by atoms with Gasteiger partial charge in [0.2, 0.25) is 0 Å². The summed E-state index contributed by atoms with van der Waals surface area (Å²) >= 11 is 6.23. The van der Waals surface area contributed by atoms with Crippen molar-refractivity contribution < 1.29 is 5.11 Å². The van der Waals surface area contributed by atoms with Gasteiger partial charge in [-0.1, -0.05) is 49.6 Å². The fourth-order valence-electron chi connectivity index (χ4n) is 2.84. The average Bonchev–Trinajstić information content (AvgIpc) is 2.39. The van der Waals surface area contributed by atoms with Crippen LogP contribution in [0.2, 0.25) is 5.02 Å². The Balaban J connectivity index is 2.32. The second-order valence-electron chi connectivity index (χ2n) is 4.88. The van der Waals surface area contributed by atoms with Crippen LogP contribution in [0.25, 0.3) is 0 Å². The quantitative estimate of drug-likeness (QED) is 0.848. The van der Waals surface area contributed by atoms with Crippen molar-refractivity contribution in [3.05, 3.63) is 41.3 Å². The second-order valence-corrected chi connectivity index (χ2v) is 5.29. The molecule has 2 heteroatoms. The van der Waals surface area contributed by atoms with Crippen molar-refractivity contribution in [2.24, 2.45) is 5.92 Å². The first-order valence-electron chi connectivity index (χ1n) is 6.49. The molecular weight excluding hydrogens is 232 g/mol. The summed E-state index contributed by atoms with van der Waals surface area (Å²) in [7, 11) is 0. The Hall–Kier alpha value is -0.530. The molecule has 1 saturated carbocycles. The van der Waals surface area contributed by atoms with Crippen LogP contribution in [-0.4, -0.2) is 5.11 Å². The lowest BCUT2D eigenvalue weighted by atomic mass is 9.72. The summed E-state index contributed by atoms with van der Waals surface area (Å²) < 4.78 is 0. The largest absolute Gasteiger partial charge is 0.385 e. The van der Waals surface area contributed by atoms with E-state index in [1.54, 1.807) is 0 Å². The van der Waals surface area contributed by atoms with Crippen molar-refractivity contribution in [3.8, 4) is 0 Å². The van der Waals surface area contributed by atoms with Crippen molar-refractivity contribution in [3.63, 3.8) is 0 Å². The van der Waals surface area contributed by atoms with Crippen molar-refractivity contribution in [1.82, 2.24) is 0 Å². The minimum atomic E-state index is -0.793. The van der Waals surface area contributed by atoms with E-state index in [4.69, 9.17) is 11.6 Å². The molecule has 93 valence electrons. The molecule has 0 heterocycles. The summed E-state index contributed by atoms with van der Waals surface area (Å²) in [5, 5.41) is 11.7. The number of hydrogen-bond donors (Lipinski definition) is 1. The minimum Gasteiger partial charge on any atom is -0.385 e. The molecule has 0 saturated heterocycles. The molecule has 1 aromatic rings. The number of aliphatic hydroxyl groups is 1. The third-order valence-corrected chi connectivity index (χ3v) is 4.24. The molecule has 0 aromatic heterocycles. The first-order chi connectivity index (χ1) is 8.18. The molecule has 1 N–H and O–H groups in total. The average molecular weight is 252 g/mol. The first-order valence-corrected chi connectivity index (χ1v) is 6.87. The Morgan fingerprint density at radius 1 is 1.35 bits per heavy atom. The normalized spacial score (nSPS) is 21.1. The van der Waals surface area contributed by atoms with Gasteiger partial charge < -0.3 is 5.11 Å². The van der Waals surface area contributed by atoms with Gasteiger partial charge in [-0.15, -0.1) is 0 Å². The number of halogens is 1. The van der Waals surface area contributed by atoms with E-state index in [0.29, 0.717) is 11.4 Å². The van der Waals surface area contributed by atoms with E-state index in [9.17, 15) is 5.11 Å². The molecule has 0 amide bonds. The maximum absolute atomic E-state index is 11.0. The van der Waals surface area contributed by atoms with Crippen LogP contribution >= 0.6 is 11.6 Å². The van der Waals surface area contributed by atoms with Gasteiger partial charge in [-0.25, -0.2) is 0 Å². The van der Waals surface area contributed by atoms with Crippen LogP contribution in [0, 0.1) is 12.3 Å². The van der Waals surface area contributed by atoms with Crippen LogP contribution in [0.15, 0.2) is 24.3 Å². The van der Waals surface area contributed by atoms with Crippen molar-refractivity contribution >= 4 is 11.6 Å². The highest BCUT2D eigenvalue weighted by atomic mass is 35.5. The van der Waals surface area contributed by atoms with Gasteiger partial charge in [-0.05, 0) is 37.7 Å². The van der Waals surface area contributed by atoms with Gasteiger partial charge in [-0.2, -0.15) is 0 Å². The van der Waals surface area contributed by atoms with Crippen molar-refractivity contribution in [1.29, 1.82) is 0 Å². The van der Waals surface area contributed by atoms with Crippen LogP contribution in [0.4, 0.5) is 0 Å². The summed E-state index contributed by atoms with van der Waals surface area (Å²) in [6.45, 7) is 2.03. The molecule has 0 spiro atoms. The molecular formula is C15H20ClO. The Morgan fingerprint density at radius 3 is 2.71 bits per heavy atom. The van der Waals surface area contributed by atoms with Crippen LogP contribution in [0.5, 0.6) is 0 Å². The molecule has 1 fully saturated rings. The van der Waals surface area contributed by atoms with Gasteiger partial charge in [0.1, 0.15) is 0 Å². The predicted octanol–water partition coefficient (Wildman–Crippen LogP) is 4.33. The van der Waals surface area contributed by atoms with E-state index in [0.717, 1.165) is 18.4 Å². The van der Waals surface area contributed by atoms with Gasteiger partial charge in [-0.3, -0.25) is 0 Å². The number of benzene rings is 1. The van der Waals surface area contributed by atoms with Gasteiger partial charge in [0.05, 0.1) is 5.60 Å². The highest BCUT2D eigenvalue weighted by Gasteiger charge is 2.38. The molecule has 1 radical (unpaired) electrons. The summed E-state index contributed by atoms with van der Waals surface area (Å²) in [6, 6.07) is 7.67. The summed E-state index contributed by atoms with van der Waals surface area (Å²) in [5.74, 6) is 0.237. The molecule has 17 heavy (non-hydrogen) atoms. The lowest BCUT2D eigenvalue weighted by molar-refractivity contribution is -0.0244. The lowest BCUT2D eigenvalue weighted by Crippen LogP contribution is -2.36. The Bertz CT molecular complexity index is 371. The van der Waals surface area contributed by atoms with Gasteiger partial charge in [0.15, 0.2) is 0 Å². The third kappa shape index (κ3) is 2.51. The zero-order valence-corrected chi connectivity index (χ0v) is 11.1. The van der Waals surface area contributed by atoms with E-state index in [2.05, 4.69) is 6.42 Å². The summed E-state index contributed by atoms with van der Waals surface area (Å²) in [5.41, 5.74) is 0.0889. The fraction of sp³-hybridized carbons (Fsp3) is 0.533. The fourth-order valence-corrected chi connectivity index (χ4v) is 3.14. The Labute approximate surface area is 109 Å². The maximum atomic E-state index is 11.0. The maximum Gasteiger partial charge on any atom is 0.0939 e. The number of rotatable bonds is 3. The second kappa shape index (κ2) is 5.41. The predicted molar refractivity (Wildman–Crippen MR) is 71.9 cm³/mol. The van der Waals surface area contributed by atoms with Crippen molar-refractivity contribution in [2.45, 2.75) is 44.6 Å². The highest BCUT2D eigenvalue weighted by Crippen LogP contribution is 2.43. The lowest BCUT2D eigenvalue weighted by Gasteiger charge is -2.38. The van der Waals surface area contributed by atoms with Crippen molar-refractivity contribution in [2.75, 3.05) is 0 Å². The van der Waals surface area contributed by atoms with E-state index in [1.807, 2.05) is 31.2 Å². The van der Waals surface area contributed by atoms with Gasteiger partial charge in [0.25, 0.3) is 0 Å². The van der Waals surface area contributed by atoms with E-state index in [1.165, 1.54) is 12.8 Å². The molecule has 0 bridgehead atoms. The minimum absolute atomic E-state index is 0.237. The van der Waals surface area contributed by atoms with E-state index >= 15 is 0 Å². The van der Waals surface area contributed by atoms with Crippen LogP contribution < -0.4 is 0 Å². The van der Waals surface area contributed by atoms with Crippen LogP contribution in [-0.2, 0) is 5.60 Å². The van der Waals surface area contributed by atoms with Crippen LogP contribution in [0.1, 0.15) is 44.6 Å².